The first kappa shape index (κ1) is 16.0. The van der Waals surface area contributed by atoms with Gasteiger partial charge < -0.3 is 10.3 Å². The minimum absolute atomic E-state index is 0.117. The minimum Gasteiger partial charge on any atom is -0.352 e. The van der Waals surface area contributed by atoms with Gasteiger partial charge in [0.05, 0.1) is 23.1 Å². The molecule has 3 heterocycles. The van der Waals surface area contributed by atoms with Crippen molar-refractivity contribution in [3.8, 4) is 11.3 Å². The lowest BCUT2D eigenvalue weighted by atomic mass is 10.0. The van der Waals surface area contributed by atoms with Crippen LogP contribution in [0.3, 0.4) is 0 Å². The molecule has 0 spiro atoms. The van der Waals surface area contributed by atoms with Gasteiger partial charge in [0.25, 0.3) is 5.91 Å². The van der Waals surface area contributed by atoms with Crippen LogP contribution < -0.4 is 5.32 Å². The number of rotatable bonds is 5. The number of hydrogen-bond acceptors (Lipinski definition) is 4. The van der Waals surface area contributed by atoms with Crippen molar-refractivity contribution in [1.29, 1.82) is 0 Å². The highest BCUT2D eigenvalue weighted by atomic mass is 16.1. The standard InChI is InChI=1S/C20H17N5O/c26-20(23-9-7-15-12-22-13-24-15)17-10-19(14-4-3-8-21-11-14)25-18-6-2-1-5-16(17)18/h1-6,8,10-13H,7,9H2,(H,22,24)(H,23,26). The van der Waals surface area contributed by atoms with Crippen molar-refractivity contribution in [2.75, 3.05) is 6.54 Å². The topological polar surface area (TPSA) is 83.6 Å². The summed E-state index contributed by atoms with van der Waals surface area (Å²) < 4.78 is 0. The molecule has 26 heavy (non-hydrogen) atoms. The Morgan fingerprint density at radius 3 is 2.81 bits per heavy atom. The van der Waals surface area contributed by atoms with E-state index in [1.807, 2.05) is 42.5 Å². The minimum atomic E-state index is -0.117. The molecular formula is C20H17N5O. The first-order chi connectivity index (χ1) is 12.8. The van der Waals surface area contributed by atoms with Crippen LogP contribution in [0, 0.1) is 0 Å². The molecule has 4 aromatic rings. The van der Waals surface area contributed by atoms with Crippen molar-refractivity contribution >= 4 is 16.8 Å². The van der Waals surface area contributed by atoms with E-state index in [1.54, 1.807) is 24.9 Å². The maximum absolute atomic E-state index is 12.8. The van der Waals surface area contributed by atoms with E-state index in [2.05, 4.69) is 25.3 Å². The van der Waals surface area contributed by atoms with Gasteiger partial charge in [-0.2, -0.15) is 0 Å². The van der Waals surface area contributed by atoms with E-state index in [4.69, 9.17) is 0 Å². The third-order valence-corrected chi connectivity index (χ3v) is 4.15. The van der Waals surface area contributed by atoms with Gasteiger partial charge in [-0.25, -0.2) is 9.97 Å². The van der Waals surface area contributed by atoms with Gasteiger partial charge in [0, 0.05) is 48.2 Å². The molecule has 1 amide bonds. The number of carbonyl (C=O) groups excluding carboxylic acids is 1. The Morgan fingerprint density at radius 2 is 2.00 bits per heavy atom. The van der Waals surface area contributed by atoms with Gasteiger partial charge in [-0.15, -0.1) is 0 Å². The summed E-state index contributed by atoms with van der Waals surface area (Å²) in [6, 6.07) is 13.3. The highest BCUT2D eigenvalue weighted by molar-refractivity contribution is 6.07. The van der Waals surface area contributed by atoms with Crippen molar-refractivity contribution in [1.82, 2.24) is 25.3 Å². The van der Waals surface area contributed by atoms with Crippen molar-refractivity contribution in [3.05, 3.63) is 78.6 Å². The molecule has 0 unspecified atom stereocenters. The third kappa shape index (κ3) is 3.30. The van der Waals surface area contributed by atoms with Gasteiger partial charge >= 0.3 is 0 Å². The average molecular weight is 343 g/mol. The number of amides is 1. The zero-order valence-corrected chi connectivity index (χ0v) is 14.0. The number of hydrogen-bond donors (Lipinski definition) is 2. The van der Waals surface area contributed by atoms with Crippen LogP contribution >= 0.6 is 0 Å². The summed E-state index contributed by atoms with van der Waals surface area (Å²) in [6.07, 6.45) is 7.55. The fourth-order valence-corrected chi connectivity index (χ4v) is 2.85. The molecule has 0 aliphatic carbocycles. The molecule has 0 saturated heterocycles. The van der Waals surface area contributed by atoms with Gasteiger partial charge in [0.2, 0.25) is 0 Å². The first-order valence-corrected chi connectivity index (χ1v) is 8.37. The van der Waals surface area contributed by atoms with Gasteiger partial charge in [-0.05, 0) is 24.3 Å². The normalized spacial score (nSPS) is 10.8. The molecule has 128 valence electrons. The number of benzene rings is 1. The number of nitrogens with one attached hydrogen (secondary N) is 2. The molecule has 0 aliphatic rings. The summed E-state index contributed by atoms with van der Waals surface area (Å²) in [6.45, 7) is 0.528. The van der Waals surface area contributed by atoms with E-state index in [0.29, 0.717) is 18.5 Å². The second kappa shape index (κ2) is 7.14. The summed E-state index contributed by atoms with van der Waals surface area (Å²) in [5, 5.41) is 3.81. The highest BCUT2D eigenvalue weighted by Crippen LogP contribution is 2.24. The molecule has 0 saturated carbocycles. The highest BCUT2D eigenvalue weighted by Gasteiger charge is 2.13. The van der Waals surface area contributed by atoms with Crippen LogP contribution in [-0.2, 0) is 6.42 Å². The van der Waals surface area contributed by atoms with Gasteiger partial charge in [-0.3, -0.25) is 9.78 Å². The Bertz CT molecular complexity index is 1030. The monoisotopic (exact) mass is 343 g/mol. The molecule has 0 atom stereocenters. The summed E-state index contributed by atoms with van der Waals surface area (Å²) in [7, 11) is 0. The van der Waals surface area contributed by atoms with E-state index >= 15 is 0 Å². The lowest BCUT2D eigenvalue weighted by Gasteiger charge is -2.10. The number of nitrogens with zero attached hydrogens (tertiary/aromatic N) is 3. The van der Waals surface area contributed by atoms with Gasteiger partial charge in [-0.1, -0.05) is 18.2 Å². The molecule has 2 N–H and O–H groups in total. The van der Waals surface area contributed by atoms with Crippen LogP contribution in [-0.4, -0.2) is 32.4 Å². The quantitative estimate of drug-likeness (QED) is 0.583. The summed E-state index contributed by atoms with van der Waals surface area (Å²) in [4.78, 5) is 28.6. The number of aromatic nitrogens is 4. The first-order valence-electron chi connectivity index (χ1n) is 8.37. The summed E-state index contributed by atoms with van der Waals surface area (Å²) in [5.41, 5.74) is 3.99. The molecule has 4 rings (SSSR count). The van der Waals surface area contributed by atoms with E-state index in [-0.39, 0.29) is 5.91 Å². The van der Waals surface area contributed by atoms with Crippen LogP contribution in [0.4, 0.5) is 0 Å². The van der Waals surface area contributed by atoms with Gasteiger partial charge in [0.1, 0.15) is 0 Å². The van der Waals surface area contributed by atoms with Crippen molar-refractivity contribution in [3.63, 3.8) is 0 Å². The fraction of sp³-hybridized carbons (Fsp3) is 0.100. The number of para-hydroxylation sites is 1. The van der Waals surface area contributed by atoms with E-state index in [9.17, 15) is 4.79 Å². The number of fused-ring (bicyclic) bond motifs is 1. The van der Waals surface area contributed by atoms with Crippen molar-refractivity contribution in [2.45, 2.75) is 6.42 Å². The van der Waals surface area contributed by atoms with Crippen LogP contribution in [0.1, 0.15) is 16.1 Å². The molecule has 0 aliphatic heterocycles. The summed E-state index contributed by atoms with van der Waals surface area (Å²) >= 11 is 0. The van der Waals surface area contributed by atoms with Crippen LogP contribution in [0.25, 0.3) is 22.2 Å². The predicted octanol–water partition coefficient (Wildman–Crippen LogP) is 2.99. The van der Waals surface area contributed by atoms with Crippen molar-refractivity contribution < 1.29 is 4.79 Å². The number of carbonyl (C=O) groups is 1. The molecule has 1 aromatic carbocycles. The Labute approximate surface area is 150 Å². The maximum Gasteiger partial charge on any atom is 0.252 e. The van der Waals surface area contributed by atoms with Crippen LogP contribution in [0.15, 0.2) is 67.4 Å². The second-order valence-electron chi connectivity index (χ2n) is 5.90. The largest absolute Gasteiger partial charge is 0.352 e. The smallest absolute Gasteiger partial charge is 0.252 e. The Hall–Kier alpha value is -3.54. The molecule has 0 radical (unpaired) electrons. The van der Waals surface area contributed by atoms with Crippen LogP contribution in [0.5, 0.6) is 0 Å². The number of H-pyrrole nitrogens is 1. The number of pyridine rings is 2. The molecule has 6 nitrogen and oxygen atoms in total. The van der Waals surface area contributed by atoms with E-state index < -0.39 is 0 Å². The number of aromatic amines is 1. The average Bonchev–Trinajstić information content (AvgIpc) is 3.21. The van der Waals surface area contributed by atoms with Crippen LogP contribution in [0.2, 0.25) is 0 Å². The Balaban J connectivity index is 1.65. The summed E-state index contributed by atoms with van der Waals surface area (Å²) in [5.74, 6) is -0.117. The van der Waals surface area contributed by atoms with E-state index in [1.165, 1.54) is 0 Å². The predicted molar refractivity (Wildman–Crippen MR) is 99.6 cm³/mol. The third-order valence-electron chi connectivity index (χ3n) is 4.15. The Morgan fingerprint density at radius 1 is 1.08 bits per heavy atom. The zero-order chi connectivity index (χ0) is 17.8. The zero-order valence-electron chi connectivity index (χ0n) is 14.0. The molecule has 0 bridgehead atoms. The second-order valence-corrected chi connectivity index (χ2v) is 5.90. The molecular weight excluding hydrogens is 326 g/mol. The Kier molecular flexibility index (Phi) is 4.38. The SMILES string of the molecule is O=C(NCCc1cnc[nH]1)c1cc(-c2cccnc2)nc2ccccc12. The maximum atomic E-state index is 12.8. The molecule has 6 heteroatoms. The van der Waals surface area contributed by atoms with Crippen molar-refractivity contribution in [2.24, 2.45) is 0 Å². The lowest BCUT2D eigenvalue weighted by Crippen LogP contribution is -2.26. The van der Waals surface area contributed by atoms with E-state index in [0.717, 1.165) is 27.9 Å². The fourth-order valence-electron chi connectivity index (χ4n) is 2.85. The van der Waals surface area contributed by atoms with Gasteiger partial charge in [0.15, 0.2) is 0 Å². The number of imidazole rings is 1. The molecule has 3 aromatic heterocycles. The molecule has 0 fully saturated rings. The lowest BCUT2D eigenvalue weighted by molar-refractivity contribution is 0.0955.